The number of hydrogen-bond donors (Lipinski definition) is 1. The fraction of sp³-hybridized carbons (Fsp3) is 1.00. The first-order chi connectivity index (χ1) is 8.36. The number of nitrogens with zero attached hydrogens (tertiary/aromatic N) is 1. The SMILES string of the molecule is C1CNCCN(CC2CCC3(CCCC3)O2)C1. The summed E-state index contributed by atoms with van der Waals surface area (Å²) in [5.74, 6) is 0. The Morgan fingerprint density at radius 3 is 2.82 bits per heavy atom. The zero-order chi connectivity index (χ0) is 11.6. The van der Waals surface area contributed by atoms with Crippen molar-refractivity contribution in [2.45, 2.75) is 56.7 Å². The van der Waals surface area contributed by atoms with Crippen molar-refractivity contribution in [3.05, 3.63) is 0 Å². The van der Waals surface area contributed by atoms with Gasteiger partial charge < -0.3 is 10.1 Å². The van der Waals surface area contributed by atoms with E-state index >= 15 is 0 Å². The number of nitrogens with one attached hydrogen (secondary N) is 1. The van der Waals surface area contributed by atoms with Gasteiger partial charge in [0.15, 0.2) is 0 Å². The third kappa shape index (κ3) is 2.83. The van der Waals surface area contributed by atoms with E-state index < -0.39 is 0 Å². The molecule has 2 saturated heterocycles. The van der Waals surface area contributed by atoms with Crippen LogP contribution in [0.3, 0.4) is 0 Å². The smallest absolute Gasteiger partial charge is 0.0710 e. The van der Waals surface area contributed by atoms with E-state index in [2.05, 4.69) is 10.2 Å². The van der Waals surface area contributed by atoms with Crippen LogP contribution < -0.4 is 5.32 Å². The van der Waals surface area contributed by atoms with E-state index in [0.29, 0.717) is 11.7 Å². The molecule has 2 heterocycles. The van der Waals surface area contributed by atoms with Gasteiger partial charge in [0.05, 0.1) is 11.7 Å². The molecule has 0 radical (unpaired) electrons. The second-order valence-corrected chi connectivity index (χ2v) is 6.07. The lowest BCUT2D eigenvalue weighted by atomic mass is 9.98. The van der Waals surface area contributed by atoms with Gasteiger partial charge in [-0.25, -0.2) is 0 Å². The van der Waals surface area contributed by atoms with Crippen LogP contribution in [0.2, 0.25) is 0 Å². The van der Waals surface area contributed by atoms with E-state index in [0.717, 1.165) is 6.54 Å². The average Bonchev–Trinajstić information content (AvgIpc) is 2.86. The molecule has 1 atom stereocenters. The van der Waals surface area contributed by atoms with E-state index in [1.54, 1.807) is 0 Å². The van der Waals surface area contributed by atoms with Crippen LogP contribution in [0.4, 0.5) is 0 Å². The van der Waals surface area contributed by atoms with Gasteiger partial charge >= 0.3 is 0 Å². The van der Waals surface area contributed by atoms with E-state index in [4.69, 9.17) is 4.74 Å². The normalized spacial score (nSPS) is 34.2. The van der Waals surface area contributed by atoms with Crippen LogP contribution in [0.25, 0.3) is 0 Å². The zero-order valence-corrected chi connectivity index (χ0v) is 10.9. The summed E-state index contributed by atoms with van der Waals surface area (Å²) >= 11 is 0. The quantitative estimate of drug-likeness (QED) is 0.793. The van der Waals surface area contributed by atoms with Crippen molar-refractivity contribution in [2.24, 2.45) is 0 Å². The highest BCUT2D eigenvalue weighted by Gasteiger charge is 2.42. The number of hydrogen-bond acceptors (Lipinski definition) is 3. The van der Waals surface area contributed by atoms with Gasteiger partial charge in [-0.15, -0.1) is 0 Å². The number of ether oxygens (including phenoxy) is 1. The Hall–Kier alpha value is -0.120. The topological polar surface area (TPSA) is 24.5 Å². The van der Waals surface area contributed by atoms with Gasteiger partial charge in [-0.2, -0.15) is 0 Å². The molecule has 3 rings (SSSR count). The van der Waals surface area contributed by atoms with Crippen LogP contribution in [0.5, 0.6) is 0 Å². The Kier molecular flexibility index (Phi) is 3.69. The summed E-state index contributed by atoms with van der Waals surface area (Å²) in [6.07, 6.45) is 9.86. The maximum absolute atomic E-state index is 6.39. The largest absolute Gasteiger partial charge is 0.370 e. The third-order valence-electron chi connectivity index (χ3n) is 4.75. The molecule has 0 aromatic carbocycles. The minimum absolute atomic E-state index is 0.314. The predicted octanol–water partition coefficient (Wildman–Crippen LogP) is 1.77. The molecule has 0 amide bonds. The van der Waals surface area contributed by atoms with Crippen molar-refractivity contribution in [1.82, 2.24) is 10.2 Å². The molecule has 1 spiro atoms. The fourth-order valence-corrected chi connectivity index (χ4v) is 3.78. The molecule has 3 nitrogen and oxygen atoms in total. The lowest BCUT2D eigenvalue weighted by Crippen LogP contribution is -2.36. The summed E-state index contributed by atoms with van der Waals surface area (Å²) in [7, 11) is 0. The summed E-state index contributed by atoms with van der Waals surface area (Å²) in [5, 5.41) is 3.47. The van der Waals surface area contributed by atoms with Gasteiger partial charge in [-0.3, -0.25) is 4.90 Å². The highest BCUT2D eigenvalue weighted by atomic mass is 16.5. The molecule has 1 saturated carbocycles. The molecule has 3 aliphatic rings. The standard InChI is InChI=1S/C14H26N2O/c1-2-6-14(5-1)7-4-13(17-14)12-16-10-3-8-15-9-11-16/h13,15H,1-12H2. The van der Waals surface area contributed by atoms with Crippen molar-refractivity contribution in [1.29, 1.82) is 0 Å². The molecule has 17 heavy (non-hydrogen) atoms. The summed E-state index contributed by atoms with van der Waals surface area (Å²) in [4.78, 5) is 2.60. The monoisotopic (exact) mass is 238 g/mol. The summed E-state index contributed by atoms with van der Waals surface area (Å²) in [6, 6.07) is 0. The minimum atomic E-state index is 0.314. The van der Waals surface area contributed by atoms with Crippen LogP contribution in [-0.2, 0) is 4.74 Å². The Labute approximate surface area is 105 Å². The first-order valence-corrected chi connectivity index (χ1v) is 7.47. The molecule has 0 aromatic rings. The molecule has 0 bridgehead atoms. The van der Waals surface area contributed by atoms with Crippen molar-refractivity contribution in [2.75, 3.05) is 32.7 Å². The van der Waals surface area contributed by atoms with E-state index in [-0.39, 0.29) is 0 Å². The molecule has 1 N–H and O–H groups in total. The summed E-state index contributed by atoms with van der Waals surface area (Å²) in [6.45, 7) is 5.96. The van der Waals surface area contributed by atoms with E-state index in [1.807, 2.05) is 0 Å². The van der Waals surface area contributed by atoms with Crippen molar-refractivity contribution in [3.8, 4) is 0 Å². The van der Waals surface area contributed by atoms with Crippen LogP contribution >= 0.6 is 0 Å². The molecule has 98 valence electrons. The summed E-state index contributed by atoms with van der Waals surface area (Å²) < 4.78 is 6.39. The molecule has 1 unspecified atom stereocenters. The zero-order valence-electron chi connectivity index (χ0n) is 10.9. The Bertz CT molecular complexity index is 243. The molecule has 3 heteroatoms. The van der Waals surface area contributed by atoms with Gasteiger partial charge in [0, 0.05) is 19.6 Å². The average molecular weight is 238 g/mol. The first kappa shape index (κ1) is 11.9. The van der Waals surface area contributed by atoms with Gasteiger partial charge in [0.25, 0.3) is 0 Å². The van der Waals surface area contributed by atoms with E-state index in [1.165, 1.54) is 71.1 Å². The molecule has 0 aromatic heterocycles. The van der Waals surface area contributed by atoms with Gasteiger partial charge in [0.1, 0.15) is 0 Å². The molecule has 1 aliphatic carbocycles. The van der Waals surface area contributed by atoms with Crippen molar-refractivity contribution < 1.29 is 4.74 Å². The highest BCUT2D eigenvalue weighted by molar-refractivity contribution is 4.93. The van der Waals surface area contributed by atoms with Crippen LogP contribution in [0.1, 0.15) is 44.9 Å². The lowest BCUT2D eigenvalue weighted by molar-refractivity contribution is -0.0467. The highest BCUT2D eigenvalue weighted by Crippen LogP contribution is 2.43. The molecule has 2 aliphatic heterocycles. The second-order valence-electron chi connectivity index (χ2n) is 6.07. The van der Waals surface area contributed by atoms with Crippen molar-refractivity contribution >= 4 is 0 Å². The molecular formula is C14H26N2O. The van der Waals surface area contributed by atoms with Gasteiger partial charge in [0.2, 0.25) is 0 Å². The fourth-order valence-electron chi connectivity index (χ4n) is 3.78. The maximum atomic E-state index is 6.39. The van der Waals surface area contributed by atoms with Crippen LogP contribution in [0, 0.1) is 0 Å². The van der Waals surface area contributed by atoms with E-state index in [9.17, 15) is 0 Å². The Morgan fingerprint density at radius 2 is 1.94 bits per heavy atom. The number of rotatable bonds is 2. The predicted molar refractivity (Wildman–Crippen MR) is 69.2 cm³/mol. The first-order valence-electron chi connectivity index (χ1n) is 7.47. The second kappa shape index (κ2) is 5.25. The minimum Gasteiger partial charge on any atom is -0.370 e. The Morgan fingerprint density at radius 1 is 1.06 bits per heavy atom. The maximum Gasteiger partial charge on any atom is 0.0710 e. The third-order valence-corrected chi connectivity index (χ3v) is 4.75. The van der Waals surface area contributed by atoms with Crippen LogP contribution in [0.15, 0.2) is 0 Å². The lowest BCUT2D eigenvalue weighted by Gasteiger charge is -2.27. The van der Waals surface area contributed by atoms with Gasteiger partial charge in [-0.05, 0) is 45.2 Å². The molecule has 3 fully saturated rings. The van der Waals surface area contributed by atoms with Crippen LogP contribution in [-0.4, -0.2) is 49.3 Å². The van der Waals surface area contributed by atoms with Crippen molar-refractivity contribution in [3.63, 3.8) is 0 Å². The Balaban J connectivity index is 1.49. The van der Waals surface area contributed by atoms with Gasteiger partial charge in [-0.1, -0.05) is 12.8 Å². The summed E-state index contributed by atoms with van der Waals surface area (Å²) in [5.41, 5.74) is 0.314. The molecular weight excluding hydrogens is 212 g/mol.